The first-order valence-corrected chi connectivity index (χ1v) is 10.5. The molecule has 7 nitrogen and oxygen atoms in total. The molecule has 1 aromatic heterocycles. The van der Waals surface area contributed by atoms with Gasteiger partial charge in [-0.25, -0.2) is 4.79 Å². The predicted octanol–water partition coefficient (Wildman–Crippen LogP) is 2.72. The number of hydrogen-bond donors (Lipinski definition) is 2. The van der Waals surface area contributed by atoms with Gasteiger partial charge in [0.25, 0.3) is 5.91 Å². The summed E-state index contributed by atoms with van der Waals surface area (Å²) in [6, 6.07) is 0.287. The van der Waals surface area contributed by atoms with Gasteiger partial charge >= 0.3 is 6.03 Å². The van der Waals surface area contributed by atoms with E-state index in [0.29, 0.717) is 29.1 Å². The third kappa shape index (κ3) is 5.16. The second kappa shape index (κ2) is 9.30. The minimum atomic E-state index is -0.0400. The zero-order valence-corrected chi connectivity index (χ0v) is 16.3. The van der Waals surface area contributed by atoms with Gasteiger partial charge in [0.05, 0.1) is 5.69 Å². The fourth-order valence-corrected chi connectivity index (χ4v) is 4.43. The maximum atomic E-state index is 12.5. The predicted molar refractivity (Wildman–Crippen MR) is 101 cm³/mol. The van der Waals surface area contributed by atoms with Crippen molar-refractivity contribution in [2.45, 2.75) is 64.3 Å². The van der Waals surface area contributed by atoms with Crippen LogP contribution >= 0.6 is 11.5 Å². The third-order valence-corrected chi connectivity index (χ3v) is 6.31. The number of piperidine rings is 1. The van der Waals surface area contributed by atoms with E-state index in [1.807, 2.05) is 11.8 Å². The Kier molecular flexibility index (Phi) is 6.82. The van der Waals surface area contributed by atoms with Gasteiger partial charge in [0.2, 0.25) is 0 Å². The van der Waals surface area contributed by atoms with E-state index in [4.69, 9.17) is 0 Å². The number of aryl methyl sites for hydroxylation is 1. The van der Waals surface area contributed by atoms with Crippen LogP contribution < -0.4 is 10.6 Å². The summed E-state index contributed by atoms with van der Waals surface area (Å²) in [5.74, 6) is 0.467. The van der Waals surface area contributed by atoms with Gasteiger partial charge in [0, 0.05) is 25.7 Å². The molecule has 2 N–H and O–H groups in total. The first-order chi connectivity index (χ1) is 12.6. The molecule has 2 aliphatic rings. The van der Waals surface area contributed by atoms with Crippen molar-refractivity contribution in [2.75, 3.05) is 19.6 Å². The van der Waals surface area contributed by atoms with E-state index in [1.54, 1.807) is 0 Å². The summed E-state index contributed by atoms with van der Waals surface area (Å²) in [4.78, 5) is 27.1. The Morgan fingerprint density at radius 1 is 1.12 bits per heavy atom. The van der Waals surface area contributed by atoms with Crippen LogP contribution in [0, 0.1) is 12.8 Å². The molecule has 2 heterocycles. The summed E-state index contributed by atoms with van der Waals surface area (Å²) in [6.07, 6.45) is 9.03. The third-order valence-electron chi connectivity index (χ3n) is 5.49. The van der Waals surface area contributed by atoms with E-state index in [1.165, 1.54) is 37.2 Å². The van der Waals surface area contributed by atoms with Crippen molar-refractivity contribution in [1.82, 2.24) is 25.1 Å². The number of nitrogens with zero attached hydrogens (tertiary/aromatic N) is 3. The van der Waals surface area contributed by atoms with Gasteiger partial charge in [-0.3, -0.25) is 4.79 Å². The smallest absolute Gasteiger partial charge is 0.315 e. The number of amides is 3. The van der Waals surface area contributed by atoms with E-state index >= 15 is 0 Å². The second-order valence-electron chi connectivity index (χ2n) is 7.47. The van der Waals surface area contributed by atoms with E-state index in [2.05, 4.69) is 20.2 Å². The summed E-state index contributed by atoms with van der Waals surface area (Å²) >= 11 is 1.17. The number of rotatable bonds is 4. The Bertz CT molecular complexity index is 604. The maximum absolute atomic E-state index is 12.5. The highest BCUT2D eigenvalue weighted by Crippen LogP contribution is 2.21. The first-order valence-electron chi connectivity index (χ1n) is 9.76. The van der Waals surface area contributed by atoms with Crippen molar-refractivity contribution in [2.24, 2.45) is 5.92 Å². The summed E-state index contributed by atoms with van der Waals surface area (Å²) < 4.78 is 3.84. The lowest BCUT2D eigenvalue weighted by atomic mass is 9.96. The van der Waals surface area contributed by atoms with Crippen LogP contribution in [0.2, 0.25) is 0 Å². The molecule has 0 atom stereocenters. The van der Waals surface area contributed by atoms with Crippen molar-refractivity contribution in [3.63, 3.8) is 0 Å². The summed E-state index contributed by atoms with van der Waals surface area (Å²) in [5, 5.41) is 10.1. The van der Waals surface area contributed by atoms with E-state index in [9.17, 15) is 9.59 Å². The Labute approximate surface area is 159 Å². The number of nitrogens with one attached hydrogen (secondary N) is 2. The zero-order chi connectivity index (χ0) is 18.4. The van der Waals surface area contributed by atoms with Crippen LogP contribution in [0.1, 0.15) is 66.7 Å². The maximum Gasteiger partial charge on any atom is 0.315 e. The Hall–Kier alpha value is -1.70. The molecule has 3 rings (SSSR count). The molecular formula is C18H29N5O2S. The van der Waals surface area contributed by atoms with Crippen molar-refractivity contribution in [3.05, 3.63) is 10.6 Å². The van der Waals surface area contributed by atoms with Gasteiger partial charge in [-0.05, 0) is 50.1 Å². The van der Waals surface area contributed by atoms with Gasteiger partial charge in [-0.2, -0.15) is 0 Å². The fourth-order valence-electron chi connectivity index (χ4n) is 3.81. The number of aromatic nitrogens is 2. The molecule has 8 heteroatoms. The molecule has 0 radical (unpaired) electrons. The van der Waals surface area contributed by atoms with Crippen molar-refractivity contribution in [3.8, 4) is 0 Å². The SMILES string of the molecule is Cc1nnsc1C(=O)N1CCC(CNC(=O)NC2CCCCCC2)CC1. The van der Waals surface area contributed by atoms with Crippen LogP contribution in [-0.4, -0.2) is 52.1 Å². The second-order valence-corrected chi connectivity index (χ2v) is 8.22. The minimum Gasteiger partial charge on any atom is -0.338 e. The van der Waals surface area contributed by atoms with Crippen molar-refractivity contribution < 1.29 is 9.59 Å². The molecule has 144 valence electrons. The lowest BCUT2D eigenvalue weighted by Gasteiger charge is -2.32. The summed E-state index contributed by atoms with van der Waals surface area (Å²) in [6.45, 7) is 3.96. The van der Waals surface area contributed by atoms with E-state index in [-0.39, 0.29) is 11.9 Å². The summed E-state index contributed by atoms with van der Waals surface area (Å²) in [5.41, 5.74) is 0.707. The number of likely N-dealkylation sites (tertiary alicyclic amines) is 1. The van der Waals surface area contributed by atoms with Gasteiger partial charge in [-0.1, -0.05) is 30.2 Å². The largest absolute Gasteiger partial charge is 0.338 e. The van der Waals surface area contributed by atoms with Crippen LogP contribution in [0.5, 0.6) is 0 Å². The molecule has 1 aromatic rings. The number of carbonyl (C=O) groups excluding carboxylic acids is 2. The monoisotopic (exact) mass is 379 g/mol. The zero-order valence-electron chi connectivity index (χ0n) is 15.5. The normalized spacial score (nSPS) is 19.8. The van der Waals surface area contributed by atoms with Crippen LogP contribution in [0.4, 0.5) is 4.79 Å². The highest BCUT2D eigenvalue weighted by Gasteiger charge is 2.26. The van der Waals surface area contributed by atoms with Crippen LogP contribution in [0.3, 0.4) is 0 Å². The molecule has 0 aromatic carbocycles. The standard InChI is InChI=1S/C18H29N5O2S/c1-13-16(26-22-21-13)17(24)23-10-8-14(9-11-23)12-19-18(25)20-15-6-4-2-3-5-7-15/h14-15H,2-12H2,1H3,(H2,19,20,25). The Morgan fingerprint density at radius 3 is 2.42 bits per heavy atom. The van der Waals surface area contributed by atoms with E-state index < -0.39 is 0 Å². The molecule has 1 saturated heterocycles. The lowest BCUT2D eigenvalue weighted by molar-refractivity contribution is 0.0694. The van der Waals surface area contributed by atoms with Gasteiger partial charge in [0.1, 0.15) is 4.88 Å². The number of hydrogen-bond acceptors (Lipinski definition) is 5. The summed E-state index contributed by atoms with van der Waals surface area (Å²) in [7, 11) is 0. The molecule has 0 unspecified atom stereocenters. The molecular weight excluding hydrogens is 350 g/mol. The van der Waals surface area contributed by atoms with Crippen molar-refractivity contribution >= 4 is 23.5 Å². The van der Waals surface area contributed by atoms with Crippen LogP contribution in [-0.2, 0) is 0 Å². The number of carbonyl (C=O) groups is 2. The van der Waals surface area contributed by atoms with Crippen molar-refractivity contribution in [1.29, 1.82) is 0 Å². The van der Waals surface area contributed by atoms with Gasteiger partial charge < -0.3 is 15.5 Å². The Balaban J connectivity index is 1.36. The highest BCUT2D eigenvalue weighted by atomic mass is 32.1. The van der Waals surface area contributed by atoms with Gasteiger partial charge in [0.15, 0.2) is 0 Å². The average molecular weight is 380 g/mol. The van der Waals surface area contributed by atoms with Crippen LogP contribution in [0.15, 0.2) is 0 Å². The van der Waals surface area contributed by atoms with Crippen LogP contribution in [0.25, 0.3) is 0 Å². The minimum absolute atomic E-state index is 0.0371. The molecule has 2 fully saturated rings. The van der Waals surface area contributed by atoms with E-state index in [0.717, 1.165) is 38.8 Å². The highest BCUT2D eigenvalue weighted by molar-refractivity contribution is 7.07. The molecule has 3 amide bonds. The molecule has 26 heavy (non-hydrogen) atoms. The quantitative estimate of drug-likeness (QED) is 0.788. The Morgan fingerprint density at radius 2 is 1.81 bits per heavy atom. The molecule has 0 bridgehead atoms. The molecule has 1 saturated carbocycles. The topological polar surface area (TPSA) is 87.2 Å². The molecule has 1 aliphatic heterocycles. The fraction of sp³-hybridized carbons (Fsp3) is 0.778. The average Bonchev–Trinajstić information content (AvgIpc) is 2.91. The molecule has 0 spiro atoms. The number of urea groups is 1. The lowest BCUT2D eigenvalue weighted by Crippen LogP contribution is -2.45. The first kappa shape index (κ1) is 19.1. The van der Waals surface area contributed by atoms with Gasteiger partial charge in [-0.15, -0.1) is 5.10 Å². The molecule has 1 aliphatic carbocycles.